The molecule has 0 bridgehead atoms. The summed E-state index contributed by atoms with van der Waals surface area (Å²) in [5.41, 5.74) is 11.8. The number of nitrogens with zero attached hydrogens (tertiary/aromatic N) is 2. The largest absolute Gasteiger partial charge is 0.456 e. The number of furan rings is 1. The van der Waals surface area contributed by atoms with Crippen molar-refractivity contribution in [3.05, 3.63) is 156 Å². The molecule has 0 fully saturated rings. The molecular weight excluding hydrogens is 729 g/mol. The van der Waals surface area contributed by atoms with Crippen molar-refractivity contribution in [1.82, 2.24) is 9.97 Å². The smallest absolute Gasteiger partial charge is 0.136 e. The summed E-state index contributed by atoms with van der Waals surface area (Å²) in [4.78, 5) is 8.92. The molecule has 0 aliphatic rings. The second-order valence-corrected chi connectivity index (χ2v) is 11.1. The van der Waals surface area contributed by atoms with Crippen LogP contribution in [0.15, 0.2) is 132 Å². The Balaban J connectivity index is 0.000000201. The molecule has 5 aromatic carbocycles. The van der Waals surface area contributed by atoms with E-state index in [9.17, 15) is 0 Å². The normalized spacial score (nSPS) is 10.8. The van der Waals surface area contributed by atoms with Crippen molar-refractivity contribution in [3.8, 4) is 33.6 Å². The third-order valence-corrected chi connectivity index (χ3v) is 7.93. The van der Waals surface area contributed by atoms with Gasteiger partial charge in [-0.25, -0.2) is 0 Å². The van der Waals surface area contributed by atoms with Crippen LogP contribution in [-0.4, -0.2) is 9.97 Å². The summed E-state index contributed by atoms with van der Waals surface area (Å²) in [6.07, 6.45) is 3.71. The van der Waals surface area contributed by atoms with E-state index in [1.165, 1.54) is 32.8 Å². The molecule has 4 heteroatoms. The van der Waals surface area contributed by atoms with Crippen molar-refractivity contribution in [2.24, 2.45) is 0 Å². The Labute approximate surface area is 277 Å². The number of hydrogen-bond acceptors (Lipinski definition) is 3. The van der Waals surface area contributed by atoms with Gasteiger partial charge in [0.05, 0.1) is 0 Å². The van der Waals surface area contributed by atoms with E-state index in [1.54, 1.807) is 0 Å². The molecule has 0 amide bonds. The fraction of sp³-hybridized carbons (Fsp3) is 0.0732. The molecule has 0 saturated carbocycles. The molecule has 3 heterocycles. The maximum atomic E-state index is 6.08. The van der Waals surface area contributed by atoms with Gasteiger partial charge >= 0.3 is 0 Å². The molecule has 0 aliphatic carbocycles. The van der Waals surface area contributed by atoms with E-state index in [2.05, 4.69) is 109 Å². The topological polar surface area (TPSA) is 38.9 Å². The fourth-order valence-corrected chi connectivity index (χ4v) is 5.66. The third kappa shape index (κ3) is 6.08. The molecule has 3 nitrogen and oxygen atoms in total. The van der Waals surface area contributed by atoms with E-state index in [-0.39, 0.29) is 20.1 Å². The predicted molar refractivity (Wildman–Crippen MR) is 181 cm³/mol. The second kappa shape index (κ2) is 13.0. The Morgan fingerprint density at radius 3 is 2.27 bits per heavy atom. The van der Waals surface area contributed by atoms with Gasteiger partial charge in [-0.05, 0) is 65.3 Å². The van der Waals surface area contributed by atoms with Gasteiger partial charge in [-0.15, -0.1) is 70.8 Å². The number of rotatable bonds is 3. The van der Waals surface area contributed by atoms with Crippen LogP contribution in [-0.2, 0) is 20.1 Å². The van der Waals surface area contributed by atoms with Gasteiger partial charge in [-0.3, -0.25) is 0 Å². The fourth-order valence-electron chi connectivity index (χ4n) is 5.66. The average molecular weight is 759 g/mol. The number of benzene rings is 5. The molecule has 8 aromatic rings. The first-order valence-electron chi connectivity index (χ1n) is 14.7. The molecule has 0 N–H and O–H groups in total. The quantitative estimate of drug-likeness (QED) is 0.168. The predicted octanol–water partition coefficient (Wildman–Crippen LogP) is 10.7. The SMILES string of the molecule is Cc1c[c-]c(-c2ccc(C)cn2)cc1.Cc1cccnc1-c1[c-]ccc(-c2cccc3c2ccc2oc4ccccc4c23)c1.[Ir]. The summed E-state index contributed by atoms with van der Waals surface area (Å²) in [6, 6.07) is 46.1. The number of aromatic nitrogens is 2. The summed E-state index contributed by atoms with van der Waals surface area (Å²) >= 11 is 0. The van der Waals surface area contributed by atoms with Crippen LogP contribution in [0.4, 0.5) is 0 Å². The molecule has 0 saturated heterocycles. The van der Waals surface area contributed by atoms with Crippen LogP contribution in [0.2, 0.25) is 0 Å². The number of pyridine rings is 2. The van der Waals surface area contributed by atoms with Gasteiger partial charge in [0.2, 0.25) is 0 Å². The maximum Gasteiger partial charge on any atom is 0.136 e. The third-order valence-electron chi connectivity index (χ3n) is 7.93. The summed E-state index contributed by atoms with van der Waals surface area (Å²) in [6.45, 7) is 6.18. The van der Waals surface area contributed by atoms with E-state index < -0.39 is 0 Å². The summed E-state index contributed by atoms with van der Waals surface area (Å²) in [7, 11) is 0. The minimum atomic E-state index is 0. The van der Waals surface area contributed by atoms with E-state index in [0.717, 1.165) is 50.2 Å². The molecular formula is C41H30IrN2O-2. The van der Waals surface area contributed by atoms with Crippen LogP contribution in [0.1, 0.15) is 16.7 Å². The van der Waals surface area contributed by atoms with E-state index in [4.69, 9.17) is 4.42 Å². The van der Waals surface area contributed by atoms with Crippen molar-refractivity contribution >= 4 is 32.7 Å². The molecule has 1 radical (unpaired) electrons. The average Bonchev–Trinajstić information content (AvgIpc) is 3.45. The Morgan fingerprint density at radius 1 is 0.622 bits per heavy atom. The molecule has 0 atom stereocenters. The summed E-state index contributed by atoms with van der Waals surface area (Å²) in [5, 5.41) is 4.75. The minimum Gasteiger partial charge on any atom is -0.456 e. The zero-order chi connectivity index (χ0) is 30.0. The van der Waals surface area contributed by atoms with Gasteiger partial charge < -0.3 is 14.4 Å². The Kier molecular flexibility index (Phi) is 8.71. The Bertz CT molecular complexity index is 2210. The van der Waals surface area contributed by atoms with Crippen LogP contribution in [0.5, 0.6) is 0 Å². The number of para-hydroxylation sites is 1. The van der Waals surface area contributed by atoms with Crippen molar-refractivity contribution in [2.45, 2.75) is 20.8 Å². The first kappa shape index (κ1) is 30.1. The van der Waals surface area contributed by atoms with Gasteiger partial charge in [0.25, 0.3) is 0 Å². The Morgan fingerprint density at radius 2 is 1.47 bits per heavy atom. The number of fused-ring (bicyclic) bond motifs is 5. The van der Waals surface area contributed by atoms with Crippen LogP contribution >= 0.6 is 0 Å². The van der Waals surface area contributed by atoms with Gasteiger partial charge in [-0.1, -0.05) is 73.2 Å². The van der Waals surface area contributed by atoms with Gasteiger partial charge in [-0.2, -0.15) is 0 Å². The first-order valence-corrected chi connectivity index (χ1v) is 14.7. The second-order valence-electron chi connectivity index (χ2n) is 11.1. The van der Waals surface area contributed by atoms with Gasteiger partial charge in [0.1, 0.15) is 11.2 Å². The molecule has 0 unspecified atom stereocenters. The monoisotopic (exact) mass is 759 g/mol. The van der Waals surface area contributed by atoms with Crippen LogP contribution in [0, 0.1) is 32.9 Å². The first-order chi connectivity index (χ1) is 21.5. The summed E-state index contributed by atoms with van der Waals surface area (Å²) in [5.74, 6) is 0. The van der Waals surface area contributed by atoms with Crippen molar-refractivity contribution in [1.29, 1.82) is 0 Å². The standard InChI is InChI=1S/C28H18NO.C13H12N.Ir/c1-18-7-6-16-29-28(18)20-9-4-8-19(17-20)21-11-5-12-23-22(21)14-15-26-27(23)24-10-2-3-13-25(24)30-26;1-10-3-6-12(7-4-10)13-8-5-11(2)9-14-13;/h2-8,10-17H,1H3;3-6,8-9H,1-2H3;/q2*-1;. The van der Waals surface area contributed by atoms with Crippen molar-refractivity contribution in [2.75, 3.05) is 0 Å². The van der Waals surface area contributed by atoms with Crippen molar-refractivity contribution in [3.63, 3.8) is 0 Å². The Hall–Kier alpha value is -4.89. The molecule has 3 aromatic heterocycles. The van der Waals surface area contributed by atoms with Crippen LogP contribution < -0.4 is 0 Å². The van der Waals surface area contributed by atoms with Gasteiger partial charge in [0.15, 0.2) is 0 Å². The molecule has 45 heavy (non-hydrogen) atoms. The van der Waals surface area contributed by atoms with Crippen LogP contribution in [0.25, 0.3) is 66.4 Å². The van der Waals surface area contributed by atoms with E-state index >= 15 is 0 Å². The number of hydrogen-bond donors (Lipinski definition) is 0. The molecule has 221 valence electrons. The zero-order valence-corrected chi connectivity index (χ0v) is 27.7. The van der Waals surface area contributed by atoms with Crippen LogP contribution in [0.3, 0.4) is 0 Å². The zero-order valence-electron chi connectivity index (χ0n) is 25.3. The van der Waals surface area contributed by atoms with E-state index in [1.807, 2.05) is 61.8 Å². The summed E-state index contributed by atoms with van der Waals surface area (Å²) < 4.78 is 6.08. The van der Waals surface area contributed by atoms with E-state index in [0.29, 0.717) is 0 Å². The maximum absolute atomic E-state index is 6.08. The molecule has 0 spiro atoms. The van der Waals surface area contributed by atoms with Gasteiger partial charge in [0, 0.05) is 43.3 Å². The van der Waals surface area contributed by atoms with Crippen molar-refractivity contribution < 1.29 is 24.5 Å². The molecule has 8 rings (SSSR count). The molecule has 0 aliphatic heterocycles. The number of aryl methyl sites for hydroxylation is 3. The minimum absolute atomic E-state index is 0.